The van der Waals surface area contributed by atoms with Crippen molar-refractivity contribution in [2.24, 2.45) is 0 Å². The molecule has 2 aromatic carbocycles. The molecule has 2 aromatic rings. The summed E-state index contributed by atoms with van der Waals surface area (Å²) in [5.41, 5.74) is 1.51. The van der Waals surface area contributed by atoms with Crippen molar-refractivity contribution in [1.82, 2.24) is 0 Å². The zero-order valence-corrected chi connectivity index (χ0v) is 11.7. The van der Waals surface area contributed by atoms with E-state index in [0.29, 0.717) is 27.0 Å². The Labute approximate surface area is 125 Å². The van der Waals surface area contributed by atoms with Crippen molar-refractivity contribution in [2.45, 2.75) is 0 Å². The SMILES string of the molecule is N#Cc1ccc(NC(=O)Nc2cc(Cl)ccc2Cl)cc1. The minimum Gasteiger partial charge on any atom is -0.308 e. The molecule has 0 fully saturated rings. The quantitative estimate of drug-likeness (QED) is 0.857. The topological polar surface area (TPSA) is 64.9 Å². The molecule has 0 atom stereocenters. The molecule has 0 bridgehead atoms. The van der Waals surface area contributed by atoms with E-state index < -0.39 is 6.03 Å². The first-order valence-corrected chi connectivity index (χ1v) is 6.37. The summed E-state index contributed by atoms with van der Waals surface area (Å²) in [6, 6.07) is 12.8. The average molecular weight is 306 g/mol. The van der Waals surface area contributed by atoms with E-state index in [-0.39, 0.29) is 0 Å². The average Bonchev–Trinajstić information content (AvgIpc) is 2.43. The van der Waals surface area contributed by atoms with Gasteiger partial charge in [0.25, 0.3) is 0 Å². The van der Waals surface area contributed by atoms with Crippen LogP contribution in [0.4, 0.5) is 16.2 Å². The van der Waals surface area contributed by atoms with E-state index in [9.17, 15) is 4.79 Å². The Morgan fingerprint density at radius 2 is 1.75 bits per heavy atom. The molecule has 6 heteroatoms. The molecule has 0 aliphatic rings. The van der Waals surface area contributed by atoms with E-state index in [4.69, 9.17) is 28.5 Å². The van der Waals surface area contributed by atoms with Crippen molar-refractivity contribution >= 4 is 40.6 Å². The van der Waals surface area contributed by atoms with Gasteiger partial charge in [-0.25, -0.2) is 4.79 Å². The number of carbonyl (C=O) groups excluding carboxylic acids is 1. The number of nitrogens with one attached hydrogen (secondary N) is 2. The Hall–Kier alpha value is -2.22. The van der Waals surface area contributed by atoms with Crippen LogP contribution in [0.15, 0.2) is 42.5 Å². The van der Waals surface area contributed by atoms with E-state index >= 15 is 0 Å². The second-order valence-corrected chi connectivity index (χ2v) is 4.74. The summed E-state index contributed by atoms with van der Waals surface area (Å²) in [4.78, 5) is 11.8. The molecule has 0 saturated heterocycles. The van der Waals surface area contributed by atoms with Crippen LogP contribution >= 0.6 is 23.2 Å². The maximum atomic E-state index is 11.8. The Bertz CT molecular complexity index is 678. The minimum absolute atomic E-state index is 0.393. The van der Waals surface area contributed by atoms with Gasteiger partial charge in [-0.2, -0.15) is 5.26 Å². The van der Waals surface area contributed by atoms with Crippen molar-refractivity contribution in [3.63, 3.8) is 0 Å². The molecule has 20 heavy (non-hydrogen) atoms. The molecule has 0 unspecified atom stereocenters. The van der Waals surface area contributed by atoms with Crippen LogP contribution in [0.1, 0.15) is 5.56 Å². The monoisotopic (exact) mass is 305 g/mol. The number of carbonyl (C=O) groups is 1. The fourth-order valence-electron chi connectivity index (χ4n) is 1.51. The molecule has 2 amide bonds. The highest BCUT2D eigenvalue weighted by atomic mass is 35.5. The predicted octanol–water partition coefficient (Wildman–Crippen LogP) is 4.51. The van der Waals surface area contributed by atoms with Gasteiger partial charge in [0.1, 0.15) is 0 Å². The molecule has 0 aromatic heterocycles. The largest absolute Gasteiger partial charge is 0.323 e. The zero-order chi connectivity index (χ0) is 14.5. The van der Waals surface area contributed by atoms with Gasteiger partial charge in [0.15, 0.2) is 0 Å². The number of nitrogens with zero attached hydrogens (tertiary/aromatic N) is 1. The summed E-state index contributed by atoms with van der Waals surface area (Å²) in [7, 11) is 0. The lowest BCUT2D eigenvalue weighted by Crippen LogP contribution is -2.19. The molecule has 0 spiro atoms. The van der Waals surface area contributed by atoms with Crippen LogP contribution < -0.4 is 10.6 Å². The molecular weight excluding hydrogens is 297 g/mol. The Kier molecular flexibility index (Phi) is 4.46. The number of halogens is 2. The van der Waals surface area contributed by atoms with Crippen LogP contribution in [-0.4, -0.2) is 6.03 Å². The maximum Gasteiger partial charge on any atom is 0.323 e. The third kappa shape index (κ3) is 3.64. The number of anilines is 2. The Balaban J connectivity index is 2.05. The van der Waals surface area contributed by atoms with Crippen molar-refractivity contribution in [2.75, 3.05) is 10.6 Å². The van der Waals surface area contributed by atoms with E-state index in [2.05, 4.69) is 10.6 Å². The number of hydrogen-bond donors (Lipinski definition) is 2. The molecule has 0 heterocycles. The molecule has 0 aliphatic heterocycles. The first-order valence-electron chi connectivity index (χ1n) is 5.62. The summed E-state index contributed by atoms with van der Waals surface area (Å²) in [6.45, 7) is 0. The van der Waals surface area contributed by atoms with Gasteiger partial charge < -0.3 is 10.6 Å². The van der Waals surface area contributed by atoms with Gasteiger partial charge in [0.2, 0.25) is 0 Å². The van der Waals surface area contributed by atoms with Gasteiger partial charge in [0.05, 0.1) is 22.3 Å². The van der Waals surface area contributed by atoms with Crippen molar-refractivity contribution < 1.29 is 4.79 Å². The summed E-state index contributed by atoms with van der Waals surface area (Å²) < 4.78 is 0. The highest BCUT2D eigenvalue weighted by Gasteiger charge is 2.06. The summed E-state index contributed by atoms with van der Waals surface area (Å²) in [5.74, 6) is 0. The number of benzene rings is 2. The molecule has 0 saturated carbocycles. The summed E-state index contributed by atoms with van der Waals surface area (Å²) in [6.07, 6.45) is 0. The molecule has 2 N–H and O–H groups in total. The third-order valence-electron chi connectivity index (χ3n) is 2.45. The smallest absolute Gasteiger partial charge is 0.308 e. The van der Waals surface area contributed by atoms with Crippen LogP contribution in [0.2, 0.25) is 10.0 Å². The second kappa shape index (κ2) is 6.29. The van der Waals surface area contributed by atoms with Crippen LogP contribution in [0, 0.1) is 11.3 Å². The van der Waals surface area contributed by atoms with E-state index in [0.717, 1.165) is 0 Å². The first-order chi connectivity index (χ1) is 9.58. The molecule has 4 nitrogen and oxygen atoms in total. The van der Waals surface area contributed by atoms with Crippen LogP contribution in [0.25, 0.3) is 0 Å². The summed E-state index contributed by atoms with van der Waals surface area (Å²) >= 11 is 11.8. The van der Waals surface area contributed by atoms with Gasteiger partial charge in [-0.15, -0.1) is 0 Å². The number of nitriles is 1. The highest BCUT2D eigenvalue weighted by Crippen LogP contribution is 2.25. The van der Waals surface area contributed by atoms with Crippen molar-refractivity contribution in [3.05, 3.63) is 58.1 Å². The van der Waals surface area contributed by atoms with Gasteiger partial charge in [-0.3, -0.25) is 0 Å². The second-order valence-electron chi connectivity index (χ2n) is 3.89. The van der Waals surface area contributed by atoms with Crippen LogP contribution in [0.3, 0.4) is 0 Å². The van der Waals surface area contributed by atoms with Crippen molar-refractivity contribution in [3.8, 4) is 6.07 Å². The standard InChI is InChI=1S/C14H9Cl2N3O/c15-10-3-6-12(16)13(7-10)19-14(20)18-11-4-1-9(8-17)2-5-11/h1-7H,(H2,18,19,20). The number of rotatable bonds is 2. The van der Waals surface area contributed by atoms with E-state index in [1.807, 2.05) is 6.07 Å². The minimum atomic E-state index is -0.445. The van der Waals surface area contributed by atoms with Gasteiger partial charge in [0, 0.05) is 10.7 Å². The maximum absolute atomic E-state index is 11.8. The van der Waals surface area contributed by atoms with Gasteiger partial charge in [-0.05, 0) is 42.5 Å². The summed E-state index contributed by atoms with van der Waals surface area (Å²) in [5, 5.41) is 14.8. The van der Waals surface area contributed by atoms with Crippen LogP contribution in [0.5, 0.6) is 0 Å². The molecule has 0 radical (unpaired) electrons. The Morgan fingerprint density at radius 1 is 1.05 bits per heavy atom. The van der Waals surface area contributed by atoms with Gasteiger partial charge >= 0.3 is 6.03 Å². The van der Waals surface area contributed by atoms with Gasteiger partial charge in [-0.1, -0.05) is 23.2 Å². The van der Waals surface area contributed by atoms with E-state index in [1.54, 1.807) is 42.5 Å². The fourth-order valence-corrected chi connectivity index (χ4v) is 1.84. The lowest BCUT2D eigenvalue weighted by atomic mass is 10.2. The highest BCUT2D eigenvalue weighted by molar-refractivity contribution is 6.35. The fraction of sp³-hybridized carbons (Fsp3) is 0. The number of hydrogen-bond acceptors (Lipinski definition) is 2. The molecular formula is C14H9Cl2N3O. The first kappa shape index (κ1) is 14.2. The lowest BCUT2D eigenvalue weighted by molar-refractivity contribution is 0.262. The molecule has 0 aliphatic carbocycles. The van der Waals surface area contributed by atoms with Crippen molar-refractivity contribution in [1.29, 1.82) is 5.26 Å². The third-order valence-corrected chi connectivity index (χ3v) is 3.01. The zero-order valence-electron chi connectivity index (χ0n) is 10.2. The molecule has 2 rings (SSSR count). The predicted molar refractivity (Wildman–Crippen MR) is 80.3 cm³/mol. The number of amides is 2. The Morgan fingerprint density at radius 3 is 2.40 bits per heavy atom. The molecule has 100 valence electrons. The number of urea groups is 1. The van der Waals surface area contributed by atoms with Crippen LogP contribution in [-0.2, 0) is 0 Å². The lowest BCUT2D eigenvalue weighted by Gasteiger charge is -2.09. The van der Waals surface area contributed by atoms with E-state index in [1.165, 1.54) is 0 Å². The normalized spacial score (nSPS) is 9.65.